The predicted octanol–water partition coefficient (Wildman–Crippen LogP) is 4.62. The number of rotatable bonds is 6. The Morgan fingerprint density at radius 1 is 1.33 bits per heavy atom. The molecular weight excluding hydrogens is 348 g/mol. The first-order valence-corrected chi connectivity index (χ1v) is 8.72. The topological polar surface area (TPSA) is 28.4 Å². The van der Waals surface area contributed by atoms with Crippen LogP contribution in [0.3, 0.4) is 0 Å². The third kappa shape index (κ3) is 5.58. The zero-order valence-corrected chi connectivity index (χ0v) is 15.5. The fourth-order valence-corrected chi connectivity index (χ4v) is 3.56. The fourth-order valence-electron chi connectivity index (χ4n) is 2.03. The van der Waals surface area contributed by atoms with Crippen molar-refractivity contribution in [3.05, 3.63) is 44.4 Å². The minimum atomic E-state index is 0.115. The van der Waals surface area contributed by atoms with Gasteiger partial charge < -0.3 is 9.73 Å². The Labute approximate surface area is 139 Å². The summed E-state index contributed by atoms with van der Waals surface area (Å²) in [5, 5.41) is 5.63. The Bertz CT molecular complexity index is 571. The quantitative estimate of drug-likeness (QED) is 0.803. The van der Waals surface area contributed by atoms with E-state index in [9.17, 15) is 0 Å². The van der Waals surface area contributed by atoms with Crippen LogP contribution in [-0.2, 0) is 19.6 Å². The zero-order chi connectivity index (χ0) is 15.5. The summed E-state index contributed by atoms with van der Waals surface area (Å²) in [6, 6.07) is 4.23. The molecule has 0 amide bonds. The third-order valence-electron chi connectivity index (χ3n) is 3.11. The molecule has 0 radical (unpaired) electrons. The lowest BCUT2D eigenvalue weighted by Gasteiger charge is -2.21. The van der Waals surface area contributed by atoms with Crippen molar-refractivity contribution in [3.63, 3.8) is 0 Å². The summed E-state index contributed by atoms with van der Waals surface area (Å²) in [6.45, 7) is 9.12. The van der Waals surface area contributed by atoms with Crippen LogP contribution in [0.2, 0.25) is 0 Å². The van der Waals surface area contributed by atoms with Gasteiger partial charge in [0.2, 0.25) is 0 Å². The van der Waals surface area contributed by atoms with E-state index in [1.165, 1.54) is 10.4 Å². The number of hydrogen-bond donors (Lipinski definition) is 1. The van der Waals surface area contributed by atoms with Gasteiger partial charge in [-0.05, 0) is 55.9 Å². The lowest BCUT2D eigenvalue weighted by molar-refractivity contribution is 0.287. The van der Waals surface area contributed by atoms with Crippen LogP contribution in [0, 0.1) is 0 Å². The Kier molecular flexibility index (Phi) is 5.66. The molecule has 0 unspecified atom stereocenters. The highest BCUT2D eigenvalue weighted by molar-refractivity contribution is 9.10. The van der Waals surface area contributed by atoms with Crippen LogP contribution in [0.25, 0.3) is 0 Å². The van der Waals surface area contributed by atoms with Gasteiger partial charge in [-0.3, -0.25) is 4.90 Å². The van der Waals surface area contributed by atoms with E-state index >= 15 is 0 Å². The second-order valence-electron chi connectivity index (χ2n) is 6.38. The molecule has 0 spiro atoms. The van der Waals surface area contributed by atoms with E-state index in [2.05, 4.69) is 71.5 Å². The molecule has 0 aromatic carbocycles. The predicted molar refractivity (Wildman–Crippen MR) is 92.5 cm³/mol. The molecule has 2 rings (SSSR count). The summed E-state index contributed by atoms with van der Waals surface area (Å²) >= 11 is 5.28. The first kappa shape index (κ1) is 16.7. The molecular formula is C16H23BrN2OS. The number of furan rings is 1. The van der Waals surface area contributed by atoms with Crippen LogP contribution >= 0.6 is 27.3 Å². The first-order chi connectivity index (χ1) is 9.83. The van der Waals surface area contributed by atoms with Crippen molar-refractivity contribution in [1.82, 2.24) is 10.2 Å². The van der Waals surface area contributed by atoms with Crippen molar-refractivity contribution in [3.8, 4) is 0 Å². The molecule has 0 bridgehead atoms. The number of hydrogen-bond acceptors (Lipinski definition) is 4. The summed E-state index contributed by atoms with van der Waals surface area (Å²) in [5.41, 5.74) is 1.35. The van der Waals surface area contributed by atoms with E-state index in [0.717, 1.165) is 29.9 Å². The summed E-state index contributed by atoms with van der Waals surface area (Å²) in [7, 11) is 2.12. The molecule has 0 fully saturated rings. The Morgan fingerprint density at radius 2 is 2.10 bits per heavy atom. The highest BCUT2D eigenvalue weighted by Crippen LogP contribution is 2.22. The van der Waals surface area contributed by atoms with Gasteiger partial charge >= 0.3 is 0 Å². The third-order valence-corrected chi connectivity index (χ3v) is 4.79. The SMILES string of the molecule is CN(Cc1cc(Br)cs1)Cc1occc1CNC(C)(C)C. The minimum absolute atomic E-state index is 0.115. The fraction of sp³-hybridized carbons (Fsp3) is 0.500. The lowest BCUT2D eigenvalue weighted by Crippen LogP contribution is -2.35. The molecule has 2 aromatic rings. The minimum Gasteiger partial charge on any atom is -0.468 e. The second-order valence-corrected chi connectivity index (χ2v) is 8.29. The molecule has 0 atom stereocenters. The smallest absolute Gasteiger partial charge is 0.122 e. The van der Waals surface area contributed by atoms with Crippen molar-refractivity contribution in [2.45, 2.75) is 45.9 Å². The molecule has 0 aliphatic carbocycles. The van der Waals surface area contributed by atoms with Crippen molar-refractivity contribution in [1.29, 1.82) is 0 Å². The van der Waals surface area contributed by atoms with Gasteiger partial charge in [0.1, 0.15) is 5.76 Å². The van der Waals surface area contributed by atoms with Crippen molar-refractivity contribution in [2.75, 3.05) is 7.05 Å². The maximum Gasteiger partial charge on any atom is 0.122 e. The second kappa shape index (κ2) is 7.09. The van der Waals surface area contributed by atoms with E-state index in [1.807, 2.05) is 0 Å². The van der Waals surface area contributed by atoms with E-state index in [1.54, 1.807) is 17.6 Å². The van der Waals surface area contributed by atoms with Gasteiger partial charge in [-0.2, -0.15) is 0 Å². The van der Waals surface area contributed by atoms with Crippen LogP contribution in [0.1, 0.15) is 37.0 Å². The molecule has 0 aliphatic heterocycles. The summed E-state index contributed by atoms with van der Waals surface area (Å²) in [4.78, 5) is 3.63. The van der Waals surface area contributed by atoms with Crippen LogP contribution in [0.15, 0.2) is 32.7 Å². The Hall–Kier alpha value is -0.620. The van der Waals surface area contributed by atoms with E-state index < -0.39 is 0 Å². The molecule has 5 heteroatoms. The molecule has 0 aliphatic rings. The Balaban J connectivity index is 1.92. The summed E-state index contributed by atoms with van der Waals surface area (Å²) in [5.74, 6) is 1.05. The van der Waals surface area contributed by atoms with Crippen molar-refractivity contribution in [2.24, 2.45) is 0 Å². The van der Waals surface area contributed by atoms with Gasteiger partial charge in [-0.25, -0.2) is 0 Å². The van der Waals surface area contributed by atoms with Crippen LogP contribution in [0.4, 0.5) is 0 Å². The summed E-state index contributed by atoms with van der Waals surface area (Å²) < 4.78 is 6.81. The molecule has 3 nitrogen and oxygen atoms in total. The van der Waals surface area contributed by atoms with Crippen LogP contribution < -0.4 is 5.32 Å². The Morgan fingerprint density at radius 3 is 2.71 bits per heavy atom. The molecule has 21 heavy (non-hydrogen) atoms. The highest BCUT2D eigenvalue weighted by atomic mass is 79.9. The van der Waals surface area contributed by atoms with E-state index in [0.29, 0.717) is 0 Å². The number of halogens is 1. The number of nitrogens with one attached hydrogen (secondary N) is 1. The number of thiophene rings is 1. The molecule has 0 saturated heterocycles. The average Bonchev–Trinajstić information content (AvgIpc) is 2.95. The monoisotopic (exact) mass is 370 g/mol. The van der Waals surface area contributed by atoms with E-state index in [4.69, 9.17) is 4.42 Å². The van der Waals surface area contributed by atoms with Gasteiger partial charge in [0.05, 0.1) is 12.8 Å². The molecule has 0 saturated carbocycles. The van der Waals surface area contributed by atoms with Gasteiger partial charge in [0.15, 0.2) is 0 Å². The van der Waals surface area contributed by atoms with Crippen molar-refractivity contribution >= 4 is 27.3 Å². The molecule has 1 N–H and O–H groups in total. The summed E-state index contributed by atoms with van der Waals surface area (Å²) in [6.07, 6.45) is 1.78. The maximum absolute atomic E-state index is 5.66. The first-order valence-electron chi connectivity index (χ1n) is 7.05. The maximum atomic E-state index is 5.66. The zero-order valence-electron chi connectivity index (χ0n) is 13.1. The normalized spacial score (nSPS) is 12.3. The number of nitrogens with zero attached hydrogens (tertiary/aromatic N) is 1. The van der Waals surface area contributed by atoms with Crippen LogP contribution in [0.5, 0.6) is 0 Å². The van der Waals surface area contributed by atoms with Gasteiger partial charge in [0.25, 0.3) is 0 Å². The van der Waals surface area contributed by atoms with Crippen LogP contribution in [-0.4, -0.2) is 17.5 Å². The van der Waals surface area contributed by atoms with E-state index in [-0.39, 0.29) is 5.54 Å². The largest absolute Gasteiger partial charge is 0.468 e. The standard InChI is InChI=1S/C16H23BrN2OS/c1-16(2,3)18-8-12-5-6-20-15(12)10-19(4)9-14-7-13(17)11-21-14/h5-7,11,18H,8-10H2,1-4H3. The van der Waals surface area contributed by atoms with Gasteiger partial charge in [-0.1, -0.05) is 0 Å². The van der Waals surface area contributed by atoms with Gasteiger partial charge in [0, 0.05) is 38.9 Å². The highest BCUT2D eigenvalue weighted by Gasteiger charge is 2.14. The average molecular weight is 371 g/mol. The van der Waals surface area contributed by atoms with Gasteiger partial charge in [-0.15, -0.1) is 11.3 Å². The molecule has 2 aromatic heterocycles. The lowest BCUT2D eigenvalue weighted by atomic mass is 10.1. The molecule has 2 heterocycles. The van der Waals surface area contributed by atoms with Crippen molar-refractivity contribution < 1.29 is 4.42 Å². The molecule has 116 valence electrons.